The van der Waals surface area contributed by atoms with Crippen LogP contribution < -0.4 is 4.74 Å². The zero-order valence-electron chi connectivity index (χ0n) is 14.9. The zero-order valence-corrected chi connectivity index (χ0v) is 14.9. The molecule has 0 aliphatic carbocycles. The number of piperidine rings is 1. The molecule has 2 rings (SSSR count). The van der Waals surface area contributed by atoms with Crippen molar-refractivity contribution in [3.8, 4) is 5.75 Å². The number of carboxylic acid groups (broad SMARTS) is 1. The molecule has 1 fully saturated rings. The Morgan fingerprint density at radius 2 is 2.12 bits per heavy atom. The lowest BCUT2D eigenvalue weighted by atomic mass is 9.72. The fraction of sp³-hybridized carbons (Fsp3) is 0.556. The van der Waals surface area contributed by atoms with Gasteiger partial charge in [-0.2, -0.15) is 0 Å². The molecule has 0 bridgehead atoms. The summed E-state index contributed by atoms with van der Waals surface area (Å²) in [6, 6.07) is 7.13. The predicted molar refractivity (Wildman–Crippen MR) is 92.5 cm³/mol. The minimum Gasteiger partial charge on any atom is -0.497 e. The first-order valence-electron chi connectivity index (χ1n) is 8.25. The third-order valence-corrected chi connectivity index (χ3v) is 4.67. The van der Waals surface area contributed by atoms with E-state index in [0.717, 1.165) is 5.56 Å². The number of carbonyl (C=O) groups excluding carboxylic acids is 1. The van der Waals surface area contributed by atoms with Gasteiger partial charge in [0.25, 0.3) is 0 Å². The number of likely N-dealkylation sites (N-methyl/N-ethyl adjacent to an activating group) is 1. The SMILES string of the molecule is COc1cccc(C[C@@]2(C(=O)O)CN(C(=O)CN(C)C)CC[C@@H]2O)c1. The minimum atomic E-state index is -1.42. The monoisotopic (exact) mass is 350 g/mol. The second-order valence-corrected chi connectivity index (χ2v) is 6.85. The smallest absolute Gasteiger partial charge is 0.314 e. The van der Waals surface area contributed by atoms with E-state index in [1.807, 2.05) is 0 Å². The summed E-state index contributed by atoms with van der Waals surface area (Å²) in [4.78, 5) is 27.8. The van der Waals surface area contributed by atoms with Gasteiger partial charge in [-0.05, 0) is 44.6 Å². The van der Waals surface area contributed by atoms with Gasteiger partial charge >= 0.3 is 5.97 Å². The van der Waals surface area contributed by atoms with Gasteiger partial charge in [-0.25, -0.2) is 0 Å². The number of rotatable bonds is 6. The summed E-state index contributed by atoms with van der Waals surface area (Å²) in [7, 11) is 5.12. The van der Waals surface area contributed by atoms with Crippen LogP contribution in [0.1, 0.15) is 12.0 Å². The van der Waals surface area contributed by atoms with Crippen LogP contribution in [0.2, 0.25) is 0 Å². The van der Waals surface area contributed by atoms with Crippen LogP contribution in [0.25, 0.3) is 0 Å². The second-order valence-electron chi connectivity index (χ2n) is 6.85. The van der Waals surface area contributed by atoms with Gasteiger partial charge in [0.2, 0.25) is 5.91 Å². The second kappa shape index (κ2) is 7.84. The largest absolute Gasteiger partial charge is 0.497 e. The first kappa shape index (κ1) is 19.2. The van der Waals surface area contributed by atoms with Crippen LogP contribution in [0.3, 0.4) is 0 Å². The van der Waals surface area contributed by atoms with E-state index in [1.165, 1.54) is 0 Å². The lowest BCUT2D eigenvalue weighted by Gasteiger charge is -2.43. The van der Waals surface area contributed by atoms with Gasteiger partial charge in [0.1, 0.15) is 11.2 Å². The number of carboxylic acids is 1. The van der Waals surface area contributed by atoms with Crippen LogP contribution in [0.5, 0.6) is 5.75 Å². The third kappa shape index (κ3) is 4.29. The maximum atomic E-state index is 12.4. The van der Waals surface area contributed by atoms with Crippen LogP contribution in [0.15, 0.2) is 24.3 Å². The van der Waals surface area contributed by atoms with Gasteiger partial charge in [0.15, 0.2) is 0 Å². The van der Waals surface area contributed by atoms with Crippen LogP contribution in [-0.2, 0) is 16.0 Å². The number of likely N-dealkylation sites (tertiary alicyclic amines) is 1. The molecular formula is C18H26N2O5. The number of aliphatic carboxylic acids is 1. The average Bonchev–Trinajstić information content (AvgIpc) is 2.56. The molecule has 7 heteroatoms. The molecule has 1 saturated heterocycles. The fourth-order valence-electron chi connectivity index (χ4n) is 3.27. The topological polar surface area (TPSA) is 90.3 Å². The molecule has 1 heterocycles. The van der Waals surface area contributed by atoms with E-state index in [2.05, 4.69) is 0 Å². The van der Waals surface area contributed by atoms with E-state index < -0.39 is 17.5 Å². The number of benzene rings is 1. The van der Waals surface area contributed by atoms with Crippen molar-refractivity contribution in [2.45, 2.75) is 18.9 Å². The van der Waals surface area contributed by atoms with Gasteiger partial charge in [0, 0.05) is 13.1 Å². The van der Waals surface area contributed by atoms with Gasteiger partial charge in [0.05, 0.1) is 19.8 Å². The molecule has 7 nitrogen and oxygen atoms in total. The van der Waals surface area contributed by atoms with Crippen LogP contribution in [0.4, 0.5) is 0 Å². The molecule has 1 aliphatic rings. The molecule has 0 spiro atoms. The van der Waals surface area contributed by atoms with Gasteiger partial charge < -0.3 is 24.7 Å². The van der Waals surface area contributed by atoms with E-state index in [9.17, 15) is 19.8 Å². The van der Waals surface area contributed by atoms with E-state index in [-0.39, 0.29) is 31.8 Å². The standard InChI is InChI=1S/C18H26N2O5/c1-19(2)11-16(22)20-8-7-15(21)18(12-20,17(23)24)10-13-5-4-6-14(9-13)25-3/h4-6,9,15,21H,7-8,10-12H2,1-3H3,(H,23,24)/t15-,18+/m0/s1. The summed E-state index contributed by atoms with van der Waals surface area (Å²) in [6.07, 6.45) is -0.637. The van der Waals surface area contributed by atoms with Crippen molar-refractivity contribution < 1.29 is 24.5 Å². The molecule has 0 unspecified atom stereocenters. The molecule has 138 valence electrons. The Hall–Kier alpha value is -2.12. The van der Waals surface area contributed by atoms with Crippen molar-refractivity contribution in [1.82, 2.24) is 9.80 Å². The average molecular weight is 350 g/mol. The quantitative estimate of drug-likeness (QED) is 0.775. The Morgan fingerprint density at radius 3 is 2.72 bits per heavy atom. The van der Waals surface area contributed by atoms with Crippen molar-refractivity contribution in [2.24, 2.45) is 5.41 Å². The number of hydrogen-bond acceptors (Lipinski definition) is 5. The summed E-state index contributed by atoms with van der Waals surface area (Å²) in [5, 5.41) is 20.4. The van der Waals surface area contributed by atoms with Crippen molar-refractivity contribution in [2.75, 3.05) is 40.8 Å². The van der Waals surface area contributed by atoms with E-state index in [4.69, 9.17) is 4.74 Å². The number of aliphatic hydroxyl groups excluding tert-OH is 1. The third-order valence-electron chi connectivity index (χ3n) is 4.67. The van der Waals surface area contributed by atoms with Crippen molar-refractivity contribution in [3.05, 3.63) is 29.8 Å². The van der Waals surface area contributed by atoms with E-state index in [0.29, 0.717) is 12.3 Å². The van der Waals surface area contributed by atoms with Gasteiger partial charge in [-0.15, -0.1) is 0 Å². The fourth-order valence-corrected chi connectivity index (χ4v) is 3.27. The molecule has 1 amide bonds. The van der Waals surface area contributed by atoms with Crippen LogP contribution in [0, 0.1) is 5.41 Å². The highest BCUT2D eigenvalue weighted by atomic mass is 16.5. The Morgan fingerprint density at radius 1 is 1.40 bits per heavy atom. The molecule has 1 aliphatic heterocycles. The van der Waals surface area contributed by atoms with Crippen molar-refractivity contribution in [1.29, 1.82) is 0 Å². The highest BCUT2D eigenvalue weighted by Crippen LogP contribution is 2.35. The number of ether oxygens (including phenoxy) is 1. The minimum absolute atomic E-state index is 0.00656. The molecule has 2 atom stereocenters. The summed E-state index contributed by atoms with van der Waals surface area (Å²) >= 11 is 0. The van der Waals surface area contributed by atoms with Gasteiger partial charge in [-0.3, -0.25) is 9.59 Å². The molecule has 25 heavy (non-hydrogen) atoms. The molecule has 0 radical (unpaired) electrons. The number of hydrogen-bond donors (Lipinski definition) is 2. The van der Waals surface area contributed by atoms with Crippen LogP contribution in [-0.4, -0.2) is 78.8 Å². The Bertz CT molecular complexity index is 634. The highest BCUT2D eigenvalue weighted by molar-refractivity contribution is 5.81. The Kier molecular flexibility index (Phi) is 6.02. The normalized spacial score (nSPS) is 23.6. The van der Waals surface area contributed by atoms with Crippen molar-refractivity contribution >= 4 is 11.9 Å². The number of amides is 1. The molecule has 1 aromatic rings. The van der Waals surface area contributed by atoms with E-state index >= 15 is 0 Å². The van der Waals surface area contributed by atoms with Crippen LogP contribution >= 0.6 is 0 Å². The first-order chi connectivity index (χ1) is 11.8. The van der Waals surface area contributed by atoms with E-state index in [1.54, 1.807) is 55.3 Å². The lowest BCUT2D eigenvalue weighted by Crippen LogP contribution is -2.59. The first-order valence-corrected chi connectivity index (χ1v) is 8.25. The Labute approximate surface area is 147 Å². The molecule has 1 aromatic carbocycles. The molecule has 0 saturated carbocycles. The summed E-state index contributed by atoms with van der Waals surface area (Å²) < 4.78 is 5.19. The maximum Gasteiger partial charge on any atom is 0.314 e. The number of methoxy groups -OCH3 is 1. The zero-order chi connectivity index (χ0) is 18.6. The number of carbonyl (C=O) groups is 2. The summed E-state index contributed by atoms with van der Waals surface area (Å²) in [5.41, 5.74) is -0.672. The number of aliphatic hydroxyl groups is 1. The van der Waals surface area contributed by atoms with Crippen molar-refractivity contribution in [3.63, 3.8) is 0 Å². The molecular weight excluding hydrogens is 324 g/mol. The molecule has 0 aromatic heterocycles. The van der Waals surface area contributed by atoms with Gasteiger partial charge in [-0.1, -0.05) is 12.1 Å². The maximum absolute atomic E-state index is 12.4. The summed E-state index contributed by atoms with van der Waals surface area (Å²) in [5.74, 6) is -0.595. The lowest BCUT2D eigenvalue weighted by molar-refractivity contribution is -0.165. The Balaban J connectivity index is 2.28. The molecule has 2 N–H and O–H groups in total. The highest BCUT2D eigenvalue weighted by Gasteiger charge is 2.50. The number of nitrogens with zero attached hydrogens (tertiary/aromatic N) is 2. The summed E-state index contributed by atoms with van der Waals surface area (Å²) in [6.45, 7) is 0.569. The predicted octanol–water partition coefficient (Wildman–Crippen LogP) is 0.464.